The zero-order chi connectivity index (χ0) is 6.08. The second-order valence-electron chi connectivity index (χ2n) is 1.33. The maximum Gasteiger partial charge on any atom is 0.205 e. The Balaban J connectivity index is 0. The van der Waals surface area contributed by atoms with Crippen molar-refractivity contribution in [2.45, 2.75) is 16.8 Å². The van der Waals surface area contributed by atoms with Crippen LogP contribution >= 0.6 is 47.2 Å². The van der Waals surface area contributed by atoms with Crippen LogP contribution in [0.25, 0.3) is 0 Å². The molecular weight excluding hydrogens is 192 g/mol. The molecule has 0 aliphatic carbocycles. The first kappa shape index (κ1) is 11.9. The van der Waals surface area contributed by atoms with E-state index >= 15 is 0 Å². The SMILES string of the molecule is C[C@@H](N)C(Cl)(Cl)Cl.Cl. The summed E-state index contributed by atoms with van der Waals surface area (Å²) >= 11 is 15.8. The van der Waals surface area contributed by atoms with Crippen molar-refractivity contribution in [2.24, 2.45) is 5.73 Å². The average Bonchev–Trinajstić information content (AvgIpc) is 1.31. The molecule has 0 aromatic heterocycles. The van der Waals surface area contributed by atoms with E-state index < -0.39 is 9.83 Å². The van der Waals surface area contributed by atoms with E-state index in [1.54, 1.807) is 6.92 Å². The minimum Gasteiger partial charge on any atom is -0.324 e. The van der Waals surface area contributed by atoms with Gasteiger partial charge in [-0.25, -0.2) is 0 Å². The van der Waals surface area contributed by atoms with Crippen LogP contribution in [0.3, 0.4) is 0 Å². The standard InChI is InChI=1S/C3H6Cl3N.ClH/c1-2(7)3(4,5)6;/h2H,7H2,1H3;1H/t2-;/m1./s1. The largest absolute Gasteiger partial charge is 0.324 e. The number of rotatable bonds is 0. The van der Waals surface area contributed by atoms with Crippen molar-refractivity contribution in [3.05, 3.63) is 0 Å². The molecule has 1 nitrogen and oxygen atoms in total. The highest BCUT2D eigenvalue weighted by atomic mass is 35.6. The molecule has 0 aromatic rings. The molecule has 8 heavy (non-hydrogen) atoms. The average molecular weight is 199 g/mol. The van der Waals surface area contributed by atoms with Gasteiger partial charge in [0.05, 0.1) is 0 Å². The Morgan fingerprint density at radius 1 is 1.38 bits per heavy atom. The zero-order valence-corrected chi connectivity index (χ0v) is 7.28. The van der Waals surface area contributed by atoms with Gasteiger partial charge in [-0.15, -0.1) is 12.4 Å². The summed E-state index contributed by atoms with van der Waals surface area (Å²) in [4.78, 5) is 0. The van der Waals surface area contributed by atoms with Crippen molar-refractivity contribution in [3.63, 3.8) is 0 Å². The van der Waals surface area contributed by atoms with E-state index in [2.05, 4.69) is 0 Å². The molecule has 0 spiro atoms. The van der Waals surface area contributed by atoms with Gasteiger partial charge in [0.2, 0.25) is 3.79 Å². The van der Waals surface area contributed by atoms with E-state index in [9.17, 15) is 0 Å². The van der Waals surface area contributed by atoms with E-state index in [1.165, 1.54) is 0 Å². The molecule has 0 saturated heterocycles. The van der Waals surface area contributed by atoms with Crippen molar-refractivity contribution >= 4 is 47.2 Å². The second-order valence-corrected chi connectivity index (χ2v) is 3.70. The normalized spacial score (nSPS) is 14.6. The smallest absolute Gasteiger partial charge is 0.205 e. The molecule has 0 saturated carbocycles. The fourth-order valence-corrected chi connectivity index (χ4v) is 0. The molecule has 0 aromatic carbocycles. The summed E-state index contributed by atoms with van der Waals surface area (Å²) in [5.74, 6) is 0. The molecular formula is C3H7Cl4N. The first-order valence-corrected chi connectivity index (χ1v) is 2.90. The Kier molecular flexibility index (Phi) is 5.96. The third-order valence-corrected chi connectivity index (χ3v) is 1.55. The van der Waals surface area contributed by atoms with Gasteiger partial charge in [-0.2, -0.15) is 0 Å². The quantitative estimate of drug-likeness (QED) is 0.594. The third kappa shape index (κ3) is 5.26. The van der Waals surface area contributed by atoms with Crippen LogP contribution in [0, 0.1) is 0 Å². The van der Waals surface area contributed by atoms with Gasteiger partial charge >= 0.3 is 0 Å². The van der Waals surface area contributed by atoms with Crippen LogP contribution in [0.5, 0.6) is 0 Å². The number of nitrogens with two attached hydrogens (primary N) is 1. The lowest BCUT2D eigenvalue weighted by Crippen LogP contribution is -2.30. The van der Waals surface area contributed by atoms with Crippen LogP contribution < -0.4 is 5.73 Å². The van der Waals surface area contributed by atoms with Crippen LogP contribution in [0.1, 0.15) is 6.92 Å². The Labute approximate surface area is 69.9 Å². The maximum absolute atomic E-state index is 5.27. The highest BCUT2D eigenvalue weighted by Crippen LogP contribution is 2.28. The van der Waals surface area contributed by atoms with Crippen molar-refractivity contribution < 1.29 is 0 Å². The maximum atomic E-state index is 5.27. The van der Waals surface area contributed by atoms with E-state index in [0.717, 1.165) is 0 Å². The van der Waals surface area contributed by atoms with Gasteiger partial charge in [0, 0.05) is 6.04 Å². The molecule has 0 aliphatic rings. The van der Waals surface area contributed by atoms with E-state index in [-0.39, 0.29) is 12.4 Å². The second kappa shape index (κ2) is 4.02. The lowest BCUT2D eigenvalue weighted by molar-refractivity contribution is 0.764. The zero-order valence-electron chi connectivity index (χ0n) is 4.20. The molecule has 2 N–H and O–H groups in total. The summed E-state index contributed by atoms with van der Waals surface area (Å²) in [5, 5.41) is 0. The van der Waals surface area contributed by atoms with Gasteiger partial charge in [-0.05, 0) is 6.92 Å². The summed E-state index contributed by atoms with van der Waals surface area (Å²) < 4.78 is -1.31. The molecule has 0 radical (unpaired) electrons. The number of halogens is 4. The molecule has 0 unspecified atom stereocenters. The fraction of sp³-hybridized carbons (Fsp3) is 1.00. The predicted octanol–water partition coefficient (Wildman–Crippen LogP) is 2.13. The minimum absolute atomic E-state index is 0. The monoisotopic (exact) mass is 197 g/mol. The minimum atomic E-state index is -1.31. The summed E-state index contributed by atoms with van der Waals surface area (Å²) in [5.41, 5.74) is 5.17. The van der Waals surface area contributed by atoms with Crippen molar-refractivity contribution in [2.75, 3.05) is 0 Å². The van der Waals surface area contributed by atoms with Gasteiger partial charge in [-0.3, -0.25) is 0 Å². The van der Waals surface area contributed by atoms with Crippen LogP contribution in [-0.4, -0.2) is 9.83 Å². The molecule has 52 valence electrons. The van der Waals surface area contributed by atoms with Crippen molar-refractivity contribution in [1.29, 1.82) is 0 Å². The molecule has 0 bridgehead atoms. The molecule has 0 amide bonds. The summed E-state index contributed by atoms with van der Waals surface area (Å²) in [6.07, 6.45) is 0. The van der Waals surface area contributed by atoms with E-state index in [4.69, 9.17) is 40.5 Å². The van der Waals surface area contributed by atoms with Gasteiger partial charge in [0.15, 0.2) is 0 Å². The molecule has 0 heterocycles. The molecule has 0 rings (SSSR count). The van der Waals surface area contributed by atoms with Gasteiger partial charge in [0.1, 0.15) is 0 Å². The Morgan fingerprint density at radius 3 is 1.50 bits per heavy atom. The Bertz CT molecular complexity index is 56.8. The van der Waals surface area contributed by atoms with Gasteiger partial charge in [-0.1, -0.05) is 34.8 Å². The fourth-order valence-electron chi connectivity index (χ4n) is 0. The predicted molar refractivity (Wildman–Crippen MR) is 41.2 cm³/mol. The summed E-state index contributed by atoms with van der Waals surface area (Å²) in [6.45, 7) is 1.63. The Hall–Kier alpha value is 1.12. The van der Waals surface area contributed by atoms with Crippen LogP contribution in [0.4, 0.5) is 0 Å². The molecule has 5 heteroatoms. The first-order chi connectivity index (χ1) is 2.94. The summed E-state index contributed by atoms with van der Waals surface area (Å²) in [7, 11) is 0. The van der Waals surface area contributed by atoms with Gasteiger partial charge in [0.25, 0.3) is 0 Å². The highest BCUT2D eigenvalue weighted by Gasteiger charge is 2.24. The first-order valence-electron chi connectivity index (χ1n) is 1.77. The molecule has 0 fully saturated rings. The summed E-state index contributed by atoms with van der Waals surface area (Å²) in [6, 6.07) is -0.405. The molecule has 0 aliphatic heterocycles. The number of hydrogen-bond acceptors (Lipinski definition) is 1. The van der Waals surface area contributed by atoms with Crippen LogP contribution in [-0.2, 0) is 0 Å². The topological polar surface area (TPSA) is 26.0 Å². The molecule has 1 atom stereocenters. The van der Waals surface area contributed by atoms with Crippen LogP contribution in [0.15, 0.2) is 0 Å². The lowest BCUT2D eigenvalue weighted by atomic mass is 10.4. The number of hydrogen-bond donors (Lipinski definition) is 1. The van der Waals surface area contributed by atoms with Crippen LogP contribution in [0.2, 0.25) is 0 Å². The highest BCUT2D eigenvalue weighted by molar-refractivity contribution is 6.68. The van der Waals surface area contributed by atoms with Gasteiger partial charge < -0.3 is 5.73 Å². The lowest BCUT2D eigenvalue weighted by Gasteiger charge is -2.13. The Morgan fingerprint density at radius 2 is 1.50 bits per heavy atom. The van der Waals surface area contributed by atoms with Crippen molar-refractivity contribution in [1.82, 2.24) is 0 Å². The van der Waals surface area contributed by atoms with E-state index in [1.807, 2.05) is 0 Å². The van der Waals surface area contributed by atoms with E-state index in [0.29, 0.717) is 0 Å². The third-order valence-electron chi connectivity index (χ3n) is 0.516. The van der Waals surface area contributed by atoms with Crippen molar-refractivity contribution in [3.8, 4) is 0 Å². The number of alkyl halides is 3.